The number of carbonyl (C=O) groups excluding carboxylic acids is 1. The van der Waals surface area contributed by atoms with Gasteiger partial charge in [0, 0.05) is 6.92 Å². The lowest BCUT2D eigenvalue weighted by atomic mass is 10.2. The van der Waals surface area contributed by atoms with Crippen LogP contribution in [0.1, 0.15) is 34.6 Å². The van der Waals surface area contributed by atoms with Crippen LogP contribution in [0.5, 0.6) is 0 Å². The molecule has 0 heterocycles. The summed E-state index contributed by atoms with van der Waals surface area (Å²) >= 11 is 0. The lowest BCUT2D eigenvalue weighted by Crippen LogP contribution is -2.21. The Kier molecular flexibility index (Phi) is 7.31. The van der Waals surface area contributed by atoms with Gasteiger partial charge in [-0.05, 0) is 27.3 Å². The van der Waals surface area contributed by atoms with Crippen LogP contribution in [0.25, 0.3) is 0 Å². The van der Waals surface area contributed by atoms with E-state index in [9.17, 15) is 4.79 Å². The molecule has 3 heteroatoms. The van der Waals surface area contributed by atoms with Gasteiger partial charge in [0.05, 0.1) is 0 Å². The summed E-state index contributed by atoms with van der Waals surface area (Å²) in [6.45, 7) is 9.59. The Morgan fingerprint density at radius 2 is 1.73 bits per heavy atom. The summed E-state index contributed by atoms with van der Waals surface area (Å²) in [5, 5.41) is 0. The molecule has 0 atom stereocenters. The van der Waals surface area contributed by atoms with E-state index in [1.54, 1.807) is 0 Å². The van der Waals surface area contributed by atoms with E-state index in [0.717, 1.165) is 6.54 Å². The Morgan fingerprint density at radius 1 is 1.45 bits per heavy atom. The van der Waals surface area contributed by atoms with Crippen molar-refractivity contribution in [1.82, 2.24) is 0 Å². The van der Waals surface area contributed by atoms with Gasteiger partial charge in [-0.15, -0.1) is 0 Å². The van der Waals surface area contributed by atoms with Crippen molar-refractivity contribution in [1.29, 1.82) is 0 Å². The topological polar surface area (TPSA) is 52.3 Å². The Hall–Kier alpha value is -0.570. The van der Waals surface area contributed by atoms with E-state index >= 15 is 0 Å². The van der Waals surface area contributed by atoms with Crippen molar-refractivity contribution < 1.29 is 9.53 Å². The molecule has 0 aliphatic carbocycles. The molecule has 0 aliphatic rings. The average Bonchev–Trinajstić information content (AvgIpc) is 1.57. The number of nitrogens with two attached hydrogens (primary N) is 1. The third-order valence-electron chi connectivity index (χ3n) is 0.450. The zero-order chi connectivity index (χ0) is 9.49. The predicted molar refractivity (Wildman–Crippen MR) is 46.2 cm³/mol. The smallest absolute Gasteiger partial charge is 0.303 e. The quantitative estimate of drug-likeness (QED) is 0.545. The minimum atomic E-state index is -0.328. The monoisotopic (exact) mass is 161 g/mol. The minimum absolute atomic E-state index is 0.225. The van der Waals surface area contributed by atoms with Gasteiger partial charge >= 0.3 is 5.97 Å². The third-order valence-corrected chi connectivity index (χ3v) is 0.450. The largest absolute Gasteiger partial charge is 0.460 e. The number of hydrogen-bond donors (Lipinski definition) is 1. The van der Waals surface area contributed by atoms with Crippen molar-refractivity contribution in [3.8, 4) is 0 Å². The molecule has 0 amide bonds. The zero-order valence-electron chi connectivity index (χ0n) is 8.10. The summed E-state index contributed by atoms with van der Waals surface area (Å²) in [5.41, 5.74) is 4.52. The highest BCUT2D eigenvalue weighted by Gasteiger charge is 2.11. The number of hydrogen-bond acceptors (Lipinski definition) is 3. The molecule has 3 nitrogen and oxygen atoms in total. The van der Waals surface area contributed by atoms with Crippen LogP contribution in [0.3, 0.4) is 0 Å². The lowest BCUT2D eigenvalue weighted by Gasteiger charge is -2.17. The second-order valence-corrected chi connectivity index (χ2v) is 3.11. The zero-order valence-corrected chi connectivity index (χ0v) is 8.10. The molecule has 0 aromatic rings. The van der Waals surface area contributed by atoms with Gasteiger partial charge in [0.1, 0.15) is 5.60 Å². The van der Waals surface area contributed by atoms with Gasteiger partial charge < -0.3 is 10.5 Å². The van der Waals surface area contributed by atoms with E-state index in [1.165, 1.54) is 6.92 Å². The maximum absolute atomic E-state index is 10.2. The summed E-state index contributed by atoms with van der Waals surface area (Å²) in [7, 11) is 0. The van der Waals surface area contributed by atoms with Gasteiger partial charge in [0.25, 0.3) is 0 Å². The minimum Gasteiger partial charge on any atom is -0.460 e. The molecule has 0 unspecified atom stereocenters. The van der Waals surface area contributed by atoms with E-state index in [0.29, 0.717) is 0 Å². The van der Waals surface area contributed by atoms with Crippen LogP contribution >= 0.6 is 0 Å². The predicted octanol–water partition coefficient (Wildman–Crippen LogP) is 1.31. The Balaban J connectivity index is 0. The van der Waals surface area contributed by atoms with Crippen LogP contribution in [-0.2, 0) is 9.53 Å². The fourth-order valence-corrected chi connectivity index (χ4v) is 0.431. The van der Waals surface area contributed by atoms with Crippen molar-refractivity contribution in [2.75, 3.05) is 6.54 Å². The average molecular weight is 161 g/mol. The number of rotatable bonds is 0. The molecule has 0 spiro atoms. The van der Waals surface area contributed by atoms with Crippen molar-refractivity contribution in [3.05, 3.63) is 0 Å². The molecule has 0 radical (unpaired) electrons. The number of ether oxygens (including phenoxy) is 1. The fraction of sp³-hybridized carbons (Fsp3) is 0.875. The van der Waals surface area contributed by atoms with Gasteiger partial charge in [-0.3, -0.25) is 4.79 Å². The van der Waals surface area contributed by atoms with Gasteiger partial charge in [-0.25, -0.2) is 0 Å². The van der Waals surface area contributed by atoms with Gasteiger partial charge in [0.2, 0.25) is 0 Å². The first-order valence-electron chi connectivity index (χ1n) is 3.73. The summed E-state index contributed by atoms with van der Waals surface area (Å²) in [6, 6.07) is 0. The second kappa shape index (κ2) is 6.16. The molecule has 0 saturated carbocycles. The summed E-state index contributed by atoms with van der Waals surface area (Å²) in [4.78, 5) is 10.2. The first-order chi connectivity index (χ1) is 4.83. The molecule has 0 saturated heterocycles. The van der Waals surface area contributed by atoms with Crippen molar-refractivity contribution in [3.63, 3.8) is 0 Å². The highest BCUT2D eigenvalue weighted by atomic mass is 16.6. The first-order valence-corrected chi connectivity index (χ1v) is 3.73. The van der Waals surface area contributed by atoms with E-state index < -0.39 is 0 Å². The highest BCUT2D eigenvalue weighted by Crippen LogP contribution is 2.05. The fourth-order valence-electron chi connectivity index (χ4n) is 0.431. The molecular weight excluding hydrogens is 142 g/mol. The molecule has 0 bridgehead atoms. The van der Waals surface area contributed by atoms with Gasteiger partial charge in [-0.1, -0.05) is 6.92 Å². The van der Waals surface area contributed by atoms with E-state index in [2.05, 4.69) is 0 Å². The van der Waals surface area contributed by atoms with Crippen LogP contribution in [0, 0.1) is 0 Å². The molecular formula is C8H19NO2. The van der Waals surface area contributed by atoms with Crippen LogP contribution < -0.4 is 5.73 Å². The van der Waals surface area contributed by atoms with E-state index in [1.807, 2.05) is 27.7 Å². The summed E-state index contributed by atoms with van der Waals surface area (Å²) in [6.07, 6.45) is 0. The molecule has 0 fully saturated rings. The molecule has 0 rings (SSSR count). The molecule has 0 aromatic heterocycles. The number of carbonyl (C=O) groups is 1. The molecule has 0 aliphatic heterocycles. The molecule has 2 N–H and O–H groups in total. The Bertz CT molecular complexity index is 105. The maximum Gasteiger partial charge on any atom is 0.303 e. The normalized spacial score (nSPS) is 9.64. The second-order valence-electron chi connectivity index (χ2n) is 3.11. The van der Waals surface area contributed by atoms with E-state index in [-0.39, 0.29) is 11.6 Å². The maximum atomic E-state index is 10.2. The summed E-state index contributed by atoms with van der Waals surface area (Å²) < 4.78 is 4.80. The highest BCUT2D eigenvalue weighted by molar-refractivity contribution is 5.66. The molecule has 11 heavy (non-hydrogen) atoms. The standard InChI is InChI=1S/C6H12O2.C2H7N/c1-5(7)8-6(2,3)4;1-2-3/h1-4H3;2-3H2,1H3. The number of esters is 1. The van der Waals surface area contributed by atoms with Gasteiger partial charge in [-0.2, -0.15) is 0 Å². The third kappa shape index (κ3) is 26.5. The lowest BCUT2D eigenvalue weighted by molar-refractivity contribution is -0.151. The summed E-state index contributed by atoms with van der Waals surface area (Å²) in [5.74, 6) is -0.225. The Morgan fingerprint density at radius 3 is 1.73 bits per heavy atom. The molecule has 68 valence electrons. The van der Waals surface area contributed by atoms with Crippen LogP contribution in [0.2, 0.25) is 0 Å². The van der Waals surface area contributed by atoms with Crippen molar-refractivity contribution in [2.24, 2.45) is 5.73 Å². The SMILES string of the molecule is CC(=O)OC(C)(C)C.CCN. The van der Waals surface area contributed by atoms with Gasteiger partial charge in [0.15, 0.2) is 0 Å². The van der Waals surface area contributed by atoms with Crippen LogP contribution in [0.15, 0.2) is 0 Å². The van der Waals surface area contributed by atoms with Crippen molar-refractivity contribution in [2.45, 2.75) is 40.2 Å². The van der Waals surface area contributed by atoms with E-state index in [4.69, 9.17) is 10.5 Å². The van der Waals surface area contributed by atoms with Crippen molar-refractivity contribution >= 4 is 5.97 Å². The molecule has 0 aromatic carbocycles. The van der Waals surface area contributed by atoms with Crippen LogP contribution in [0.4, 0.5) is 0 Å². The van der Waals surface area contributed by atoms with Crippen LogP contribution in [-0.4, -0.2) is 18.1 Å². The first kappa shape index (κ1) is 13.1. The Labute approximate surface area is 68.9 Å².